The molecule has 1 aliphatic heterocycles. The van der Waals surface area contributed by atoms with E-state index in [1.165, 1.54) is 17.8 Å². The zero-order valence-corrected chi connectivity index (χ0v) is 17.0. The van der Waals surface area contributed by atoms with Gasteiger partial charge in [0.2, 0.25) is 0 Å². The molecule has 2 aromatic carbocycles. The van der Waals surface area contributed by atoms with Crippen LogP contribution in [-0.2, 0) is 15.1 Å². The van der Waals surface area contributed by atoms with Gasteiger partial charge < -0.3 is 14.0 Å². The van der Waals surface area contributed by atoms with Crippen molar-refractivity contribution in [2.45, 2.75) is 49.5 Å². The van der Waals surface area contributed by atoms with Crippen molar-refractivity contribution in [1.29, 1.82) is 0 Å². The Morgan fingerprint density at radius 2 is 1.63 bits per heavy atom. The van der Waals surface area contributed by atoms with Gasteiger partial charge >= 0.3 is 7.12 Å². The van der Waals surface area contributed by atoms with E-state index >= 15 is 0 Å². The van der Waals surface area contributed by atoms with Gasteiger partial charge in [-0.25, -0.2) is 8.78 Å². The summed E-state index contributed by atoms with van der Waals surface area (Å²) in [7, 11) is 1.08. The minimum absolute atomic E-state index is 0.445. The zero-order valence-electron chi connectivity index (χ0n) is 16.1. The third kappa shape index (κ3) is 4.15. The van der Waals surface area contributed by atoms with Crippen molar-refractivity contribution in [2.75, 3.05) is 7.11 Å². The molecule has 0 aromatic heterocycles. The van der Waals surface area contributed by atoms with E-state index in [4.69, 9.17) is 14.0 Å². The molecule has 1 heterocycles. The summed E-state index contributed by atoms with van der Waals surface area (Å²) < 4.78 is 44.2. The highest BCUT2D eigenvalue weighted by molar-refractivity contribution is 7.98. The summed E-state index contributed by atoms with van der Waals surface area (Å²) in [5.74, 6) is -0.392. The summed E-state index contributed by atoms with van der Waals surface area (Å²) in [5, 5.41) is 0. The molecule has 0 aliphatic carbocycles. The first-order chi connectivity index (χ1) is 12.6. The lowest BCUT2D eigenvalue weighted by Crippen LogP contribution is -2.41. The summed E-state index contributed by atoms with van der Waals surface area (Å²) in [4.78, 5) is 0.668. The molecule has 0 N–H and O–H groups in total. The molecular formula is C20H23BF2O3S. The van der Waals surface area contributed by atoms with Crippen LogP contribution >= 0.6 is 11.8 Å². The molecule has 3 rings (SSSR count). The second-order valence-electron chi connectivity index (χ2n) is 7.53. The van der Waals surface area contributed by atoms with E-state index in [0.29, 0.717) is 16.4 Å². The molecule has 1 aliphatic rings. The minimum Gasteiger partial charge on any atom is -0.497 e. The molecule has 0 atom stereocenters. The van der Waals surface area contributed by atoms with Gasteiger partial charge in [0.15, 0.2) is 11.6 Å². The van der Waals surface area contributed by atoms with Gasteiger partial charge in [-0.3, -0.25) is 0 Å². The van der Waals surface area contributed by atoms with Crippen LogP contribution in [0.3, 0.4) is 0 Å². The standard InChI is InChI=1S/C20H23BF2O3S/c1-19(2)20(3,4)26-21(25-19)15-10-13(6-9-18(15)24-5)12-27-14-7-8-16(22)17(23)11-14/h6-11H,12H2,1-5H3. The Morgan fingerprint density at radius 1 is 0.963 bits per heavy atom. The Labute approximate surface area is 163 Å². The Bertz CT molecular complexity index is 826. The van der Waals surface area contributed by atoms with Gasteiger partial charge in [-0.2, -0.15) is 0 Å². The molecule has 7 heteroatoms. The van der Waals surface area contributed by atoms with Gasteiger partial charge in [-0.1, -0.05) is 12.1 Å². The first-order valence-electron chi connectivity index (χ1n) is 8.73. The number of benzene rings is 2. The first-order valence-corrected chi connectivity index (χ1v) is 9.72. The van der Waals surface area contributed by atoms with Crippen molar-refractivity contribution >= 4 is 24.3 Å². The summed E-state index contributed by atoms with van der Waals surface area (Å²) in [6.07, 6.45) is 0. The monoisotopic (exact) mass is 392 g/mol. The molecule has 2 aromatic rings. The molecule has 0 spiro atoms. The average molecular weight is 392 g/mol. The average Bonchev–Trinajstić information content (AvgIpc) is 2.83. The van der Waals surface area contributed by atoms with E-state index < -0.39 is 30.0 Å². The molecule has 0 radical (unpaired) electrons. The van der Waals surface area contributed by atoms with Gasteiger partial charge in [-0.15, -0.1) is 11.8 Å². The molecule has 144 valence electrons. The van der Waals surface area contributed by atoms with E-state index in [-0.39, 0.29) is 0 Å². The van der Waals surface area contributed by atoms with E-state index in [9.17, 15) is 8.78 Å². The quantitative estimate of drug-likeness (QED) is 0.551. The predicted molar refractivity (Wildman–Crippen MR) is 105 cm³/mol. The molecule has 1 fully saturated rings. The zero-order chi connectivity index (χ0) is 19.8. The second kappa shape index (κ2) is 7.45. The van der Waals surface area contributed by atoms with E-state index in [1.54, 1.807) is 13.2 Å². The Hall–Kier alpha value is -1.57. The van der Waals surface area contributed by atoms with Crippen LogP contribution in [0, 0.1) is 11.6 Å². The second-order valence-corrected chi connectivity index (χ2v) is 8.58. The molecular weight excluding hydrogens is 369 g/mol. The minimum atomic E-state index is -0.841. The molecule has 0 bridgehead atoms. The van der Waals surface area contributed by atoms with Gasteiger partial charge in [0.05, 0.1) is 18.3 Å². The lowest BCUT2D eigenvalue weighted by molar-refractivity contribution is 0.00578. The largest absolute Gasteiger partial charge is 0.498 e. The Balaban J connectivity index is 1.80. The smallest absolute Gasteiger partial charge is 0.497 e. The van der Waals surface area contributed by atoms with Crippen molar-refractivity contribution in [2.24, 2.45) is 0 Å². The summed E-state index contributed by atoms with van der Waals surface area (Å²) in [5.41, 5.74) is 0.938. The van der Waals surface area contributed by atoms with Crippen LogP contribution in [0.4, 0.5) is 8.78 Å². The lowest BCUT2D eigenvalue weighted by Gasteiger charge is -2.32. The van der Waals surface area contributed by atoms with Gasteiger partial charge in [0.25, 0.3) is 0 Å². The third-order valence-electron chi connectivity index (χ3n) is 5.10. The number of ether oxygens (including phenoxy) is 1. The van der Waals surface area contributed by atoms with Gasteiger partial charge in [0, 0.05) is 16.1 Å². The number of thioether (sulfide) groups is 1. The van der Waals surface area contributed by atoms with E-state index in [1.807, 2.05) is 45.9 Å². The molecule has 1 saturated heterocycles. The number of hydrogen-bond donors (Lipinski definition) is 0. The van der Waals surface area contributed by atoms with Crippen molar-refractivity contribution in [3.05, 3.63) is 53.6 Å². The molecule has 0 unspecified atom stereocenters. The number of halogens is 2. The van der Waals surface area contributed by atoms with Crippen molar-refractivity contribution in [3.8, 4) is 5.75 Å². The summed E-state index contributed by atoms with van der Waals surface area (Å²) >= 11 is 1.43. The SMILES string of the molecule is COc1ccc(CSc2ccc(F)c(F)c2)cc1B1OC(C)(C)C(C)(C)O1. The van der Waals surface area contributed by atoms with Crippen LogP contribution in [0.15, 0.2) is 41.3 Å². The van der Waals surface area contributed by atoms with E-state index in [2.05, 4.69) is 0 Å². The number of methoxy groups -OCH3 is 1. The van der Waals surface area contributed by atoms with Crippen LogP contribution in [0.2, 0.25) is 0 Å². The fraction of sp³-hybridized carbons (Fsp3) is 0.400. The highest BCUT2D eigenvalue weighted by Crippen LogP contribution is 2.37. The van der Waals surface area contributed by atoms with Crippen LogP contribution in [0.5, 0.6) is 5.75 Å². The normalized spacial score (nSPS) is 18.0. The maximum atomic E-state index is 13.4. The van der Waals surface area contributed by atoms with Crippen LogP contribution in [-0.4, -0.2) is 25.4 Å². The van der Waals surface area contributed by atoms with Crippen LogP contribution < -0.4 is 10.2 Å². The van der Waals surface area contributed by atoms with E-state index in [0.717, 1.165) is 17.1 Å². The lowest BCUT2D eigenvalue weighted by atomic mass is 9.77. The maximum absolute atomic E-state index is 13.4. The van der Waals surface area contributed by atoms with Gasteiger partial charge in [0.1, 0.15) is 5.75 Å². The topological polar surface area (TPSA) is 27.7 Å². The number of hydrogen-bond acceptors (Lipinski definition) is 4. The van der Waals surface area contributed by atoms with Crippen molar-refractivity contribution < 1.29 is 22.8 Å². The maximum Gasteiger partial charge on any atom is 0.498 e. The summed E-state index contributed by atoms with van der Waals surface area (Å²) in [6, 6.07) is 9.72. The molecule has 27 heavy (non-hydrogen) atoms. The molecule has 3 nitrogen and oxygen atoms in total. The number of rotatable bonds is 5. The van der Waals surface area contributed by atoms with Gasteiger partial charge in [-0.05, 0) is 57.5 Å². The highest BCUT2D eigenvalue weighted by atomic mass is 32.2. The van der Waals surface area contributed by atoms with Crippen molar-refractivity contribution in [1.82, 2.24) is 0 Å². The summed E-state index contributed by atoms with van der Waals surface area (Å²) in [6.45, 7) is 8.01. The predicted octanol–water partition coefficient (Wildman–Crippen LogP) is 4.56. The molecule has 0 amide bonds. The fourth-order valence-corrected chi connectivity index (χ4v) is 3.63. The molecule has 0 saturated carbocycles. The van der Waals surface area contributed by atoms with Crippen molar-refractivity contribution in [3.63, 3.8) is 0 Å². The first kappa shape index (κ1) is 20.2. The van der Waals surface area contributed by atoms with Crippen LogP contribution in [0.25, 0.3) is 0 Å². The Kier molecular flexibility index (Phi) is 5.57. The highest BCUT2D eigenvalue weighted by Gasteiger charge is 2.52. The van der Waals surface area contributed by atoms with Crippen LogP contribution in [0.1, 0.15) is 33.3 Å². The third-order valence-corrected chi connectivity index (χ3v) is 6.16. The Morgan fingerprint density at radius 3 is 2.22 bits per heavy atom. The fourth-order valence-electron chi connectivity index (χ4n) is 2.76.